The lowest BCUT2D eigenvalue weighted by Gasteiger charge is -2.14. The molecule has 0 spiro atoms. The van der Waals surface area contributed by atoms with Gasteiger partial charge in [-0.25, -0.2) is 14.0 Å². The summed E-state index contributed by atoms with van der Waals surface area (Å²) in [7, 11) is 0. The second kappa shape index (κ2) is 5.57. The van der Waals surface area contributed by atoms with E-state index in [2.05, 4.69) is 4.98 Å². The second-order valence-corrected chi connectivity index (χ2v) is 4.77. The molecular formula is C10H12FN3O4S. The van der Waals surface area contributed by atoms with Crippen LogP contribution in [0.4, 0.5) is 10.2 Å². The number of hydrogen-bond acceptors (Lipinski definition) is 7. The average Bonchev–Trinajstić information content (AvgIpc) is 2.83. The SMILES string of the molecule is CCOC(=O)[C@@H]1O[C@H](n2cc(F)c(N)nc2=O)CS1. The maximum Gasteiger partial charge on any atom is 0.351 e. The van der Waals surface area contributed by atoms with Gasteiger partial charge in [0, 0.05) is 5.75 Å². The topological polar surface area (TPSA) is 96.4 Å². The summed E-state index contributed by atoms with van der Waals surface area (Å²) in [6.45, 7) is 1.92. The molecule has 2 heterocycles. The van der Waals surface area contributed by atoms with Crippen molar-refractivity contribution in [3.63, 3.8) is 0 Å². The summed E-state index contributed by atoms with van der Waals surface area (Å²) in [5.74, 6) is -1.48. The Morgan fingerprint density at radius 3 is 3.21 bits per heavy atom. The predicted octanol–water partition coefficient (Wildman–Crippen LogP) is 0.116. The zero-order valence-corrected chi connectivity index (χ0v) is 10.9. The molecule has 1 aliphatic rings. The molecule has 1 aromatic heterocycles. The van der Waals surface area contributed by atoms with Crippen molar-refractivity contribution in [2.24, 2.45) is 0 Å². The summed E-state index contributed by atoms with van der Waals surface area (Å²) in [4.78, 5) is 26.4. The Morgan fingerprint density at radius 1 is 1.79 bits per heavy atom. The lowest BCUT2D eigenvalue weighted by atomic mass is 10.5. The van der Waals surface area contributed by atoms with Crippen LogP contribution in [-0.2, 0) is 14.3 Å². The van der Waals surface area contributed by atoms with Gasteiger partial charge in [-0.15, -0.1) is 11.8 Å². The fourth-order valence-corrected chi connectivity index (χ4v) is 2.52. The summed E-state index contributed by atoms with van der Waals surface area (Å²) in [6.07, 6.45) is 0.151. The van der Waals surface area contributed by atoms with E-state index in [0.717, 1.165) is 10.8 Å². The summed E-state index contributed by atoms with van der Waals surface area (Å²) >= 11 is 1.17. The molecule has 0 unspecified atom stereocenters. The van der Waals surface area contributed by atoms with Gasteiger partial charge >= 0.3 is 11.7 Å². The largest absolute Gasteiger partial charge is 0.463 e. The number of nitrogens with zero attached hydrogens (tertiary/aromatic N) is 2. The van der Waals surface area contributed by atoms with Gasteiger partial charge in [0.2, 0.25) is 5.44 Å². The van der Waals surface area contributed by atoms with E-state index >= 15 is 0 Å². The molecule has 2 atom stereocenters. The van der Waals surface area contributed by atoms with Crippen molar-refractivity contribution in [2.45, 2.75) is 18.6 Å². The quantitative estimate of drug-likeness (QED) is 0.789. The molecule has 9 heteroatoms. The number of halogens is 1. The van der Waals surface area contributed by atoms with E-state index in [9.17, 15) is 14.0 Å². The van der Waals surface area contributed by atoms with Gasteiger partial charge in [-0.2, -0.15) is 4.98 Å². The Balaban J connectivity index is 2.15. The van der Waals surface area contributed by atoms with Gasteiger partial charge in [0.15, 0.2) is 11.6 Å². The maximum absolute atomic E-state index is 13.3. The second-order valence-electron chi connectivity index (χ2n) is 3.67. The van der Waals surface area contributed by atoms with Crippen LogP contribution in [0, 0.1) is 5.82 Å². The Labute approximate surface area is 111 Å². The minimum atomic E-state index is -0.822. The molecule has 0 aromatic carbocycles. The highest BCUT2D eigenvalue weighted by Gasteiger charge is 2.34. The lowest BCUT2D eigenvalue weighted by Crippen LogP contribution is -2.30. The number of hydrogen-bond donors (Lipinski definition) is 1. The fourth-order valence-electron chi connectivity index (χ4n) is 1.53. The lowest BCUT2D eigenvalue weighted by molar-refractivity contribution is -0.153. The Bertz CT molecular complexity index is 550. The highest BCUT2D eigenvalue weighted by atomic mass is 32.2. The minimum Gasteiger partial charge on any atom is -0.463 e. The number of anilines is 1. The van der Waals surface area contributed by atoms with Crippen molar-refractivity contribution in [3.05, 3.63) is 22.5 Å². The Hall–Kier alpha value is -1.61. The van der Waals surface area contributed by atoms with E-state index in [4.69, 9.17) is 15.2 Å². The predicted molar refractivity (Wildman–Crippen MR) is 65.9 cm³/mol. The molecule has 0 aliphatic carbocycles. The fraction of sp³-hybridized carbons (Fsp3) is 0.500. The number of aromatic nitrogens is 2. The molecule has 0 saturated carbocycles. The molecule has 2 N–H and O–H groups in total. The van der Waals surface area contributed by atoms with Crippen molar-refractivity contribution >= 4 is 23.5 Å². The van der Waals surface area contributed by atoms with E-state index < -0.39 is 35.0 Å². The molecule has 1 aliphatic heterocycles. The zero-order valence-electron chi connectivity index (χ0n) is 10.0. The molecule has 1 saturated heterocycles. The summed E-state index contributed by atoms with van der Waals surface area (Å²) < 4.78 is 24.4. The minimum absolute atomic E-state index is 0.238. The van der Waals surface area contributed by atoms with Crippen LogP contribution in [0.15, 0.2) is 11.0 Å². The monoisotopic (exact) mass is 289 g/mol. The smallest absolute Gasteiger partial charge is 0.351 e. The molecule has 0 bridgehead atoms. The number of nitrogen functional groups attached to an aromatic ring is 1. The van der Waals surface area contributed by atoms with Gasteiger partial charge in [-0.05, 0) is 6.92 Å². The number of ether oxygens (including phenoxy) is 2. The molecule has 0 radical (unpaired) electrons. The third kappa shape index (κ3) is 2.87. The van der Waals surface area contributed by atoms with Crippen molar-refractivity contribution in [1.29, 1.82) is 0 Å². The van der Waals surface area contributed by atoms with Gasteiger partial charge in [-0.3, -0.25) is 4.57 Å². The number of esters is 1. The normalized spacial score (nSPS) is 22.4. The standard InChI is InChI=1S/C10H12FN3O4S/c1-2-17-8(15)9-18-6(4-19-9)14-3-5(11)7(12)13-10(14)16/h3,6,9H,2,4H2,1H3,(H2,12,13,16)/t6-,9+/m0/s1. The Morgan fingerprint density at radius 2 is 2.53 bits per heavy atom. The summed E-state index contributed by atoms with van der Waals surface area (Å²) in [5.41, 5.74) is 3.63. The van der Waals surface area contributed by atoms with E-state index in [1.54, 1.807) is 6.92 Å². The van der Waals surface area contributed by atoms with E-state index in [1.165, 1.54) is 11.8 Å². The van der Waals surface area contributed by atoms with Crippen LogP contribution in [0.1, 0.15) is 13.2 Å². The van der Waals surface area contributed by atoms with Crippen LogP contribution in [0.2, 0.25) is 0 Å². The average molecular weight is 289 g/mol. The third-order valence-electron chi connectivity index (χ3n) is 2.39. The van der Waals surface area contributed by atoms with Crippen LogP contribution in [0.3, 0.4) is 0 Å². The van der Waals surface area contributed by atoms with E-state index in [-0.39, 0.29) is 6.61 Å². The van der Waals surface area contributed by atoms with Crippen LogP contribution in [-0.4, -0.2) is 33.3 Å². The van der Waals surface area contributed by atoms with Crippen molar-refractivity contribution in [1.82, 2.24) is 9.55 Å². The Kier molecular flexibility index (Phi) is 4.05. The highest BCUT2D eigenvalue weighted by Crippen LogP contribution is 2.31. The first kappa shape index (κ1) is 13.8. The molecule has 1 fully saturated rings. The van der Waals surface area contributed by atoms with Gasteiger partial charge < -0.3 is 15.2 Å². The number of thioether (sulfide) groups is 1. The number of carbonyl (C=O) groups excluding carboxylic acids is 1. The molecule has 0 amide bonds. The number of nitrogens with two attached hydrogens (primary N) is 1. The van der Waals surface area contributed by atoms with Gasteiger partial charge in [-0.1, -0.05) is 0 Å². The highest BCUT2D eigenvalue weighted by molar-refractivity contribution is 8.00. The van der Waals surface area contributed by atoms with Crippen LogP contribution >= 0.6 is 11.8 Å². The molecular weight excluding hydrogens is 277 g/mol. The maximum atomic E-state index is 13.3. The first-order valence-electron chi connectivity index (χ1n) is 5.50. The van der Waals surface area contributed by atoms with Crippen molar-refractivity contribution < 1.29 is 18.7 Å². The van der Waals surface area contributed by atoms with E-state index in [0.29, 0.717) is 5.75 Å². The van der Waals surface area contributed by atoms with Crippen molar-refractivity contribution in [2.75, 3.05) is 18.1 Å². The first-order valence-corrected chi connectivity index (χ1v) is 6.55. The number of rotatable bonds is 3. The number of carbonyl (C=O) groups is 1. The molecule has 1 aromatic rings. The molecule has 2 rings (SSSR count). The van der Waals surface area contributed by atoms with Crippen LogP contribution < -0.4 is 11.4 Å². The zero-order chi connectivity index (χ0) is 14.0. The summed E-state index contributed by atoms with van der Waals surface area (Å²) in [5, 5.41) is 0. The first-order chi connectivity index (χ1) is 9.02. The third-order valence-corrected chi connectivity index (χ3v) is 3.48. The van der Waals surface area contributed by atoms with Crippen LogP contribution in [0.25, 0.3) is 0 Å². The van der Waals surface area contributed by atoms with Gasteiger partial charge in [0.05, 0.1) is 12.8 Å². The summed E-state index contributed by atoms with van der Waals surface area (Å²) in [6, 6.07) is 0. The van der Waals surface area contributed by atoms with Crippen molar-refractivity contribution in [3.8, 4) is 0 Å². The van der Waals surface area contributed by atoms with E-state index in [1.807, 2.05) is 0 Å². The van der Waals surface area contributed by atoms with Gasteiger partial charge in [0.25, 0.3) is 0 Å². The van der Waals surface area contributed by atoms with Crippen LogP contribution in [0.5, 0.6) is 0 Å². The van der Waals surface area contributed by atoms with Gasteiger partial charge in [0.1, 0.15) is 6.23 Å². The molecule has 7 nitrogen and oxygen atoms in total. The molecule has 19 heavy (non-hydrogen) atoms. The molecule has 104 valence electrons.